The molecule has 0 saturated heterocycles. The lowest BCUT2D eigenvalue weighted by atomic mass is 10.1. The first-order valence-electron chi connectivity index (χ1n) is 6.85. The average Bonchev–Trinajstić information content (AvgIpc) is 3.07. The van der Waals surface area contributed by atoms with Crippen LogP contribution in [-0.4, -0.2) is 28.5 Å². The molecule has 3 rings (SSSR count). The van der Waals surface area contributed by atoms with Gasteiger partial charge in [0.25, 0.3) is 0 Å². The zero-order valence-electron chi connectivity index (χ0n) is 11.7. The fraction of sp³-hybridized carbons (Fsp3) is 0.467. The first-order chi connectivity index (χ1) is 9.69. The number of aliphatic hydroxyl groups excluding tert-OH is 1. The third kappa shape index (κ3) is 2.29. The molecule has 1 aromatic heterocycles. The Bertz CT molecular complexity index is 609. The Labute approximate surface area is 117 Å². The Morgan fingerprint density at radius 2 is 2.20 bits per heavy atom. The summed E-state index contributed by atoms with van der Waals surface area (Å²) in [7, 11) is 1.62. The van der Waals surface area contributed by atoms with E-state index >= 15 is 0 Å². The van der Waals surface area contributed by atoms with Crippen LogP contribution in [0.25, 0.3) is 11.4 Å². The monoisotopic (exact) mass is 274 g/mol. The first-order valence-corrected chi connectivity index (χ1v) is 6.85. The van der Waals surface area contributed by atoms with Crippen LogP contribution in [0.3, 0.4) is 0 Å². The van der Waals surface area contributed by atoms with E-state index in [4.69, 9.17) is 9.26 Å². The summed E-state index contributed by atoms with van der Waals surface area (Å²) in [5, 5.41) is 13.9. The number of aromatic nitrogens is 2. The summed E-state index contributed by atoms with van der Waals surface area (Å²) in [6.07, 6.45) is 2.32. The zero-order valence-corrected chi connectivity index (χ0v) is 11.7. The molecule has 0 spiro atoms. The van der Waals surface area contributed by atoms with Gasteiger partial charge in [-0.2, -0.15) is 4.98 Å². The molecular formula is C15H18N2O3. The number of rotatable bonds is 3. The van der Waals surface area contributed by atoms with Crippen molar-refractivity contribution >= 4 is 0 Å². The van der Waals surface area contributed by atoms with E-state index in [9.17, 15) is 5.11 Å². The molecule has 1 saturated carbocycles. The fourth-order valence-electron chi connectivity index (χ4n) is 2.71. The average molecular weight is 274 g/mol. The number of aliphatic hydroxyl groups is 1. The molecule has 2 atom stereocenters. The second-order valence-electron chi connectivity index (χ2n) is 5.26. The quantitative estimate of drug-likeness (QED) is 0.932. The number of aryl methyl sites for hydroxylation is 1. The van der Waals surface area contributed by atoms with Crippen LogP contribution in [0.5, 0.6) is 5.75 Å². The van der Waals surface area contributed by atoms with Gasteiger partial charge in [-0.15, -0.1) is 0 Å². The van der Waals surface area contributed by atoms with Crippen molar-refractivity contribution in [2.45, 2.75) is 38.2 Å². The summed E-state index contributed by atoms with van der Waals surface area (Å²) >= 11 is 0. The summed E-state index contributed by atoms with van der Waals surface area (Å²) < 4.78 is 10.7. The van der Waals surface area contributed by atoms with E-state index in [1.54, 1.807) is 7.11 Å². The van der Waals surface area contributed by atoms with Crippen LogP contribution in [0, 0.1) is 6.92 Å². The van der Waals surface area contributed by atoms with E-state index in [2.05, 4.69) is 10.1 Å². The topological polar surface area (TPSA) is 68.4 Å². The molecule has 1 aromatic carbocycles. The lowest BCUT2D eigenvalue weighted by Crippen LogP contribution is -2.11. The van der Waals surface area contributed by atoms with Crippen molar-refractivity contribution in [2.24, 2.45) is 0 Å². The summed E-state index contributed by atoms with van der Waals surface area (Å²) in [6.45, 7) is 2.00. The van der Waals surface area contributed by atoms with Crippen LogP contribution in [0.4, 0.5) is 0 Å². The number of hydrogen-bond acceptors (Lipinski definition) is 5. The largest absolute Gasteiger partial charge is 0.496 e. The van der Waals surface area contributed by atoms with Crippen LogP contribution in [0.2, 0.25) is 0 Å². The summed E-state index contributed by atoms with van der Waals surface area (Å²) in [6, 6.07) is 5.85. The highest BCUT2D eigenvalue weighted by Crippen LogP contribution is 2.35. The molecule has 5 heteroatoms. The SMILES string of the molecule is COc1cc(C)ccc1-c1noc(C2CCCC2O)n1. The molecular weight excluding hydrogens is 256 g/mol. The van der Waals surface area contributed by atoms with Gasteiger partial charge in [0.1, 0.15) is 5.75 Å². The standard InChI is InChI=1S/C15H18N2O3/c1-9-6-7-11(13(8-9)19-2)14-16-15(20-17-14)10-4-3-5-12(10)18/h6-8,10,12,18H,3-5H2,1-2H3. The van der Waals surface area contributed by atoms with Gasteiger partial charge in [0.15, 0.2) is 0 Å². The Morgan fingerprint density at radius 3 is 2.90 bits per heavy atom. The number of nitrogens with zero attached hydrogens (tertiary/aromatic N) is 2. The minimum absolute atomic E-state index is 0.0345. The normalized spacial score (nSPS) is 22.1. The van der Waals surface area contributed by atoms with E-state index < -0.39 is 0 Å². The van der Waals surface area contributed by atoms with Crippen LogP contribution in [-0.2, 0) is 0 Å². The number of benzene rings is 1. The van der Waals surface area contributed by atoms with Gasteiger partial charge in [0, 0.05) is 0 Å². The highest BCUT2D eigenvalue weighted by atomic mass is 16.5. The van der Waals surface area contributed by atoms with Crippen LogP contribution >= 0.6 is 0 Å². The van der Waals surface area contributed by atoms with Crippen LogP contribution in [0.15, 0.2) is 22.7 Å². The summed E-state index contributed by atoms with van der Waals surface area (Å²) in [4.78, 5) is 4.43. The van der Waals surface area contributed by atoms with Gasteiger partial charge in [-0.3, -0.25) is 0 Å². The third-order valence-electron chi connectivity index (χ3n) is 3.84. The molecule has 5 nitrogen and oxygen atoms in total. The molecule has 106 valence electrons. The molecule has 2 unspecified atom stereocenters. The maximum absolute atomic E-state index is 9.91. The van der Waals surface area contributed by atoms with Crippen molar-refractivity contribution in [1.82, 2.24) is 10.1 Å². The first kappa shape index (κ1) is 13.1. The zero-order chi connectivity index (χ0) is 14.1. The van der Waals surface area contributed by atoms with E-state index in [0.717, 1.165) is 36.1 Å². The molecule has 0 amide bonds. The van der Waals surface area contributed by atoms with E-state index in [1.807, 2.05) is 25.1 Å². The van der Waals surface area contributed by atoms with Crippen molar-refractivity contribution in [3.05, 3.63) is 29.7 Å². The molecule has 0 aliphatic heterocycles. The highest BCUT2D eigenvalue weighted by Gasteiger charge is 2.31. The molecule has 0 bridgehead atoms. The van der Waals surface area contributed by atoms with Crippen molar-refractivity contribution in [3.8, 4) is 17.1 Å². The smallest absolute Gasteiger partial charge is 0.232 e. The molecule has 1 heterocycles. The Kier molecular flexibility index (Phi) is 3.44. The van der Waals surface area contributed by atoms with Gasteiger partial charge in [-0.1, -0.05) is 11.2 Å². The predicted molar refractivity (Wildman–Crippen MR) is 73.6 cm³/mol. The van der Waals surface area contributed by atoms with Gasteiger partial charge < -0.3 is 14.4 Å². The predicted octanol–water partition coefficient (Wildman–Crippen LogP) is 2.68. The number of methoxy groups -OCH3 is 1. The maximum atomic E-state index is 9.91. The van der Waals surface area contributed by atoms with Gasteiger partial charge in [0.2, 0.25) is 11.7 Å². The van der Waals surface area contributed by atoms with Gasteiger partial charge in [0.05, 0.1) is 24.7 Å². The van der Waals surface area contributed by atoms with E-state index in [-0.39, 0.29) is 12.0 Å². The van der Waals surface area contributed by atoms with E-state index in [1.165, 1.54) is 0 Å². The molecule has 1 aliphatic rings. The third-order valence-corrected chi connectivity index (χ3v) is 3.84. The van der Waals surface area contributed by atoms with Gasteiger partial charge in [-0.25, -0.2) is 0 Å². The summed E-state index contributed by atoms with van der Waals surface area (Å²) in [5.74, 6) is 1.72. The molecule has 1 N–H and O–H groups in total. The molecule has 1 aliphatic carbocycles. The van der Waals surface area contributed by atoms with Gasteiger partial charge in [-0.05, 0) is 43.9 Å². The number of hydrogen-bond donors (Lipinski definition) is 1. The maximum Gasteiger partial charge on any atom is 0.232 e. The van der Waals surface area contributed by atoms with Crippen molar-refractivity contribution in [3.63, 3.8) is 0 Å². The second-order valence-corrected chi connectivity index (χ2v) is 5.26. The second kappa shape index (κ2) is 5.25. The fourth-order valence-corrected chi connectivity index (χ4v) is 2.71. The lowest BCUT2D eigenvalue weighted by molar-refractivity contribution is 0.148. The van der Waals surface area contributed by atoms with Crippen LogP contribution < -0.4 is 4.74 Å². The Balaban J connectivity index is 1.94. The van der Waals surface area contributed by atoms with Gasteiger partial charge >= 0.3 is 0 Å². The molecule has 2 aromatic rings. The molecule has 20 heavy (non-hydrogen) atoms. The van der Waals surface area contributed by atoms with E-state index in [0.29, 0.717) is 11.7 Å². The van der Waals surface area contributed by atoms with Crippen LogP contribution in [0.1, 0.15) is 36.6 Å². The molecule has 0 radical (unpaired) electrons. The molecule has 1 fully saturated rings. The van der Waals surface area contributed by atoms with Crippen molar-refractivity contribution in [2.75, 3.05) is 7.11 Å². The Hall–Kier alpha value is -1.88. The minimum Gasteiger partial charge on any atom is -0.496 e. The summed E-state index contributed by atoms with van der Waals surface area (Å²) in [5.41, 5.74) is 1.92. The number of ether oxygens (including phenoxy) is 1. The van der Waals surface area contributed by atoms with Crippen molar-refractivity contribution in [1.29, 1.82) is 0 Å². The minimum atomic E-state index is -0.372. The van der Waals surface area contributed by atoms with Crippen molar-refractivity contribution < 1.29 is 14.4 Å². The lowest BCUT2D eigenvalue weighted by Gasteiger charge is -2.08. The Morgan fingerprint density at radius 1 is 1.35 bits per heavy atom. The highest BCUT2D eigenvalue weighted by molar-refractivity contribution is 5.64.